The largest absolute Gasteiger partial charge is 0.391 e. The van der Waals surface area contributed by atoms with Gasteiger partial charge in [-0.25, -0.2) is 9.97 Å². The van der Waals surface area contributed by atoms with Gasteiger partial charge in [-0.05, 0) is 12.8 Å². The molecule has 0 spiro atoms. The molecule has 18 heavy (non-hydrogen) atoms. The molecule has 0 amide bonds. The van der Waals surface area contributed by atoms with Gasteiger partial charge < -0.3 is 15.7 Å². The van der Waals surface area contributed by atoms with Crippen molar-refractivity contribution < 1.29 is 5.11 Å². The van der Waals surface area contributed by atoms with Crippen LogP contribution in [0.4, 0.5) is 11.6 Å². The molecule has 1 aromatic rings. The number of aliphatic hydroxyl groups is 1. The second-order valence-electron chi connectivity index (χ2n) is 4.28. The lowest BCUT2D eigenvalue weighted by molar-refractivity contribution is 0.183. The van der Waals surface area contributed by atoms with E-state index in [0.717, 1.165) is 43.3 Å². The Balaban J connectivity index is 2.70. The van der Waals surface area contributed by atoms with Gasteiger partial charge in [-0.1, -0.05) is 20.8 Å². The summed E-state index contributed by atoms with van der Waals surface area (Å²) in [7, 11) is 0. The smallest absolute Gasteiger partial charge is 0.132 e. The number of aryl methyl sites for hydroxylation is 1. The number of aliphatic hydroxyl groups excluding tert-OH is 1. The van der Waals surface area contributed by atoms with Gasteiger partial charge in [0.2, 0.25) is 0 Å². The molecule has 0 aromatic carbocycles. The summed E-state index contributed by atoms with van der Waals surface area (Å²) in [6.07, 6.45) is 2.26. The van der Waals surface area contributed by atoms with Gasteiger partial charge in [0.1, 0.15) is 17.5 Å². The Morgan fingerprint density at radius 1 is 1.17 bits per heavy atom. The average Bonchev–Trinajstić information content (AvgIpc) is 2.42. The van der Waals surface area contributed by atoms with E-state index in [9.17, 15) is 5.11 Å². The predicted octanol–water partition coefficient (Wildman–Crippen LogP) is 2.04. The van der Waals surface area contributed by atoms with Crippen LogP contribution in [0.1, 0.15) is 39.4 Å². The number of aromatic nitrogens is 2. The van der Waals surface area contributed by atoms with E-state index >= 15 is 0 Å². The average molecular weight is 252 g/mol. The first kappa shape index (κ1) is 14.7. The standard InChI is InChI=1S/C13H24N4O/c1-4-7-14-12-8-13(15-9-10(18)5-2)17-11(6-3)16-12/h8,10,18H,4-7,9H2,1-3H3,(H2,14,15,16,17). The Kier molecular flexibility index (Phi) is 6.43. The fraction of sp³-hybridized carbons (Fsp3) is 0.692. The number of hydrogen-bond acceptors (Lipinski definition) is 5. The van der Waals surface area contributed by atoms with E-state index in [0.29, 0.717) is 6.54 Å². The number of anilines is 2. The van der Waals surface area contributed by atoms with Crippen molar-refractivity contribution in [2.45, 2.75) is 46.1 Å². The Bertz CT molecular complexity index is 357. The fourth-order valence-electron chi connectivity index (χ4n) is 1.46. The summed E-state index contributed by atoms with van der Waals surface area (Å²) in [6, 6.07) is 1.89. The maximum atomic E-state index is 9.53. The summed E-state index contributed by atoms with van der Waals surface area (Å²) in [4.78, 5) is 8.80. The molecule has 0 radical (unpaired) electrons. The van der Waals surface area contributed by atoms with E-state index in [4.69, 9.17) is 0 Å². The summed E-state index contributed by atoms with van der Waals surface area (Å²) < 4.78 is 0. The quantitative estimate of drug-likeness (QED) is 0.660. The van der Waals surface area contributed by atoms with Crippen molar-refractivity contribution in [3.05, 3.63) is 11.9 Å². The van der Waals surface area contributed by atoms with Crippen molar-refractivity contribution in [1.82, 2.24) is 9.97 Å². The summed E-state index contributed by atoms with van der Waals surface area (Å²) in [5.74, 6) is 2.43. The molecule has 0 fully saturated rings. The van der Waals surface area contributed by atoms with E-state index < -0.39 is 0 Å². The number of nitrogens with one attached hydrogen (secondary N) is 2. The van der Waals surface area contributed by atoms with E-state index in [1.807, 2.05) is 19.9 Å². The molecule has 1 heterocycles. The van der Waals surface area contributed by atoms with Crippen LogP contribution in [-0.2, 0) is 6.42 Å². The Morgan fingerprint density at radius 2 is 1.83 bits per heavy atom. The number of hydrogen-bond donors (Lipinski definition) is 3. The topological polar surface area (TPSA) is 70.1 Å². The lowest BCUT2D eigenvalue weighted by atomic mass is 10.3. The SMILES string of the molecule is CCCNc1cc(NCC(O)CC)nc(CC)n1. The van der Waals surface area contributed by atoms with Gasteiger partial charge in [-0.2, -0.15) is 0 Å². The van der Waals surface area contributed by atoms with Gasteiger partial charge >= 0.3 is 0 Å². The molecule has 1 atom stereocenters. The second kappa shape index (κ2) is 7.87. The van der Waals surface area contributed by atoms with Crippen molar-refractivity contribution in [2.24, 2.45) is 0 Å². The zero-order valence-electron chi connectivity index (χ0n) is 11.5. The molecule has 0 aliphatic rings. The third-order valence-corrected chi connectivity index (χ3v) is 2.63. The maximum absolute atomic E-state index is 9.53. The minimum Gasteiger partial charge on any atom is -0.391 e. The highest BCUT2D eigenvalue weighted by atomic mass is 16.3. The molecule has 1 unspecified atom stereocenters. The van der Waals surface area contributed by atoms with Crippen LogP contribution in [-0.4, -0.2) is 34.3 Å². The van der Waals surface area contributed by atoms with Crippen molar-refractivity contribution >= 4 is 11.6 Å². The van der Waals surface area contributed by atoms with Crippen LogP contribution in [0.3, 0.4) is 0 Å². The second-order valence-corrected chi connectivity index (χ2v) is 4.28. The molecule has 3 N–H and O–H groups in total. The van der Waals surface area contributed by atoms with Gasteiger partial charge in [0.05, 0.1) is 6.10 Å². The van der Waals surface area contributed by atoms with Gasteiger partial charge in [0.15, 0.2) is 0 Å². The molecule has 1 rings (SSSR count). The summed E-state index contributed by atoms with van der Waals surface area (Å²) in [5.41, 5.74) is 0. The van der Waals surface area contributed by atoms with Gasteiger partial charge in [0.25, 0.3) is 0 Å². The molecule has 1 aromatic heterocycles. The zero-order valence-corrected chi connectivity index (χ0v) is 11.5. The monoisotopic (exact) mass is 252 g/mol. The van der Waals surface area contributed by atoms with E-state index in [1.165, 1.54) is 0 Å². The highest BCUT2D eigenvalue weighted by Crippen LogP contribution is 2.12. The van der Waals surface area contributed by atoms with Crippen molar-refractivity contribution in [2.75, 3.05) is 23.7 Å². The minimum atomic E-state index is -0.336. The van der Waals surface area contributed by atoms with Crippen LogP contribution in [0.2, 0.25) is 0 Å². The zero-order chi connectivity index (χ0) is 13.4. The van der Waals surface area contributed by atoms with E-state index in [-0.39, 0.29) is 6.10 Å². The normalized spacial score (nSPS) is 12.2. The van der Waals surface area contributed by atoms with Crippen molar-refractivity contribution in [3.8, 4) is 0 Å². The number of rotatable bonds is 8. The Labute approximate surface area is 109 Å². The Morgan fingerprint density at radius 3 is 2.39 bits per heavy atom. The minimum absolute atomic E-state index is 0.336. The first-order valence-electron chi connectivity index (χ1n) is 6.73. The van der Waals surface area contributed by atoms with E-state index in [2.05, 4.69) is 27.5 Å². The molecule has 5 heteroatoms. The predicted molar refractivity (Wildman–Crippen MR) is 75.0 cm³/mol. The van der Waals surface area contributed by atoms with Crippen molar-refractivity contribution in [3.63, 3.8) is 0 Å². The number of nitrogens with zero attached hydrogens (tertiary/aromatic N) is 2. The maximum Gasteiger partial charge on any atom is 0.132 e. The van der Waals surface area contributed by atoms with Crippen LogP contribution >= 0.6 is 0 Å². The van der Waals surface area contributed by atoms with Crippen LogP contribution in [0.25, 0.3) is 0 Å². The summed E-state index contributed by atoms with van der Waals surface area (Å²) in [6.45, 7) is 7.52. The molecule has 0 saturated heterocycles. The first-order valence-corrected chi connectivity index (χ1v) is 6.73. The van der Waals surface area contributed by atoms with Crippen LogP contribution in [0.5, 0.6) is 0 Å². The highest BCUT2D eigenvalue weighted by molar-refractivity contribution is 5.47. The molecule has 102 valence electrons. The fourth-order valence-corrected chi connectivity index (χ4v) is 1.46. The van der Waals surface area contributed by atoms with Crippen LogP contribution < -0.4 is 10.6 Å². The first-order chi connectivity index (χ1) is 8.69. The lowest BCUT2D eigenvalue weighted by Gasteiger charge is -2.12. The van der Waals surface area contributed by atoms with Gasteiger partial charge in [-0.15, -0.1) is 0 Å². The molecule has 0 aliphatic carbocycles. The molecular weight excluding hydrogens is 228 g/mol. The van der Waals surface area contributed by atoms with Crippen LogP contribution in [0, 0.1) is 0 Å². The molecule has 0 saturated carbocycles. The Hall–Kier alpha value is -1.36. The van der Waals surface area contributed by atoms with Crippen LogP contribution in [0.15, 0.2) is 6.07 Å². The lowest BCUT2D eigenvalue weighted by Crippen LogP contribution is -2.19. The molecular formula is C13H24N4O. The summed E-state index contributed by atoms with van der Waals surface area (Å²) >= 11 is 0. The summed E-state index contributed by atoms with van der Waals surface area (Å²) in [5, 5.41) is 15.9. The van der Waals surface area contributed by atoms with Gasteiger partial charge in [0, 0.05) is 25.6 Å². The highest BCUT2D eigenvalue weighted by Gasteiger charge is 2.05. The third kappa shape index (κ3) is 4.87. The molecule has 0 bridgehead atoms. The van der Waals surface area contributed by atoms with Gasteiger partial charge in [-0.3, -0.25) is 0 Å². The van der Waals surface area contributed by atoms with E-state index in [1.54, 1.807) is 0 Å². The molecule has 5 nitrogen and oxygen atoms in total. The molecule has 0 aliphatic heterocycles. The third-order valence-electron chi connectivity index (χ3n) is 2.63. The van der Waals surface area contributed by atoms with Crippen molar-refractivity contribution in [1.29, 1.82) is 0 Å².